The van der Waals surface area contributed by atoms with Gasteiger partial charge < -0.3 is 24.0 Å². The number of fused-ring (bicyclic) bond motifs is 1. The molecule has 0 unspecified atom stereocenters. The number of carbonyl (C=O) groups is 2. The maximum atomic E-state index is 13.7. The van der Waals surface area contributed by atoms with Gasteiger partial charge in [-0.05, 0) is 66.2 Å². The topological polar surface area (TPSA) is 68.3 Å². The Morgan fingerprint density at radius 1 is 1.08 bits per heavy atom. The van der Waals surface area contributed by atoms with Crippen molar-refractivity contribution in [1.82, 2.24) is 9.80 Å². The zero-order chi connectivity index (χ0) is 26.2. The third-order valence-corrected chi connectivity index (χ3v) is 7.36. The second kappa shape index (κ2) is 12.7. The van der Waals surface area contributed by atoms with Crippen molar-refractivity contribution in [1.29, 1.82) is 0 Å². The number of amides is 2. The van der Waals surface area contributed by atoms with Gasteiger partial charge in [0.25, 0.3) is 5.91 Å². The van der Waals surface area contributed by atoms with Crippen LogP contribution in [0, 0.1) is 5.82 Å². The van der Waals surface area contributed by atoms with Gasteiger partial charge in [-0.15, -0.1) is 11.3 Å². The van der Waals surface area contributed by atoms with Crippen LogP contribution in [-0.2, 0) is 16.0 Å². The lowest BCUT2D eigenvalue weighted by molar-refractivity contribution is -0.135. The highest BCUT2D eigenvalue weighted by molar-refractivity contribution is 7.10. The van der Waals surface area contributed by atoms with Crippen LogP contribution < -0.4 is 9.47 Å². The molecule has 0 spiro atoms. The molecule has 196 valence electrons. The van der Waals surface area contributed by atoms with Crippen molar-refractivity contribution in [2.75, 3.05) is 47.1 Å². The van der Waals surface area contributed by atoms with Gasteiger partial charge in [-0.2, -0.15) is 0 Å². The maximum Gasteiger partial charge on any atom is 0.254 e. The number of halogens is 1. The smallest absolute Gasteiger partial charge is 0.254 e. The molecule has 0 saturated heterocycles. The van der Waals surface area contributed by atoms with E-state index in [-0.39, 0.29) is 31.0 Å². The zero-order valence-corrected chi connectivity index (χ0v) is 21.8. The highest BCUT2D eigenvalue weighted by Gasteiger charge is 2.33. The quantitative estimate of drug-likeness (QED) is 0.342. The van der Waals surface area contributed by atoms with E-state index in [1.165, 1.54) is 34.0 Å². The van der Waals surface area contributed by atoms with E-state index in [0.717, 1.165) is 12.0 Å². The number of thiophene rings is 1. The van der Waals surface area contributed by atoms with Crippen LogP contribution in [0.1, 0.15) is 33.3 Å². The monoisotopic (exact) mass is 526 g/mol. The van der Waals surface area contributed by atoms with E-state index < -0.39 is 5.82 Å². The Kier molecular flexibility index (Phi) is 9.14. The minimum Gasteiger partial charge on any atom is -0.493 e. The molecule has 3 aromatic rings. The molecule has 0 aliphatic carbocycles. The van der Waals surface area contributed by atoms with Crippen LogP contribution in [-0.4, -0.2) is 68.7 Å². The summed E-state index contributed by atoms with van der Waals surface area (Å²) >= 11 is 1.68. The van der Waals surface area contributed by atoms with Gasteiger partial charge in [0.2, 0.25) is 5.91 Å². The molecule has 0 bridgehead atoms. The van der Waals surface area contributed by atoms with Crippen LogP contribution in [0.5, 0.6) is 11.5 Å². The summed E-state index contributed by atoms with van der Waals surface area (Å²) in [6, 6.07) is 14.5. The molecule has 2 aromatic carbocycles. The standard InChI is InChI=1S/C28H31FN2O5S/c1-34-16-5-14-30(28(33)20-8-10-21(29)11-9-20)18-27(32)31-15-12-26-22(13-17-37-26)23(31)19-36-25-7-4-3-6-24(25)35-2/h3-4,6-11,13,17,23H,5,12,14-16,18-19H2,1-2H3/t23-/m1/s1. The average Bonchev–Trinajstić information content (AvgIpc) is 3.40. The summed E-state index contributed by atoms with van der Waals surface area (Å²) in [7, 11) is 3.18. The van der Waals surface area contributed by atoms with Gasteiger partial charge in [-0.25, -0.2) is 4.39 Å². The molecular formula is C28H31FN2O5S. The number of nitrogens with zero attached hydrogens (tertiary/aromatic N) is 2. The van der Waals surface area contributed by atoms with Crippen LogP contribution in [0.2, 0.25) is 0 Å². The molecule has 2 heterocycles. The number of hydrogen-bond donors (Lipinski definition) is 0. The van der Waals surface area contributed by atoms with Crippen LogP contribution in [0.4, 0.5) is 4.39 Å². The van der Waals surface area contributed by atoms with Gasteiger partial charge in [0, 0.05) is 37.2 Å². The number of methoxy groups -OCH3 is 2. The Morgan fingerprint density at radius 3 is 2.57 bits per heavy atom. The van der Waals surface area contributed by atoms with Crippen molar-refractivity contribution in [2.24, 2.45) is 0 Å². The minimum atomic E-state index is -0.420. The van der Waals surface area contributed by atoms with Crippen LogP contribution in [0.25, 0.3) is 0 Å². The summed E-state index contributed by atoms with van der Waals surface area (Å²) in [5.74, 6) is 0.317. The van der Waals surface area contributed by atoms with Gasteiger partial charge in [0.15, 0.2) is 11.5 Å². The minimum absolute atomic E-state index is 0.0927. The number of hydrogen-bond acceptors (Lipinski definition) is 6. The predicted molar refractivity (Wildman–Crippen MR) is 140 cm³/mol. The van der Waals surface area contributed by atoms with Crippen molar-refractivity contribution in [3.05, 3.63) is 81.8 Å². The largest absolute Gasteiger partial charge is 0.493 e. The molecule has 1 aromatic heterocycles. The first-order valence-corrected chi connectivity index (χ1v) is 13.0. The number of carbonyl (C=O) groups excluding carboxylic acids is 2. The third-order valence-electron chi connectivity index (χ3n) is 6.36. The molecule has 2 amide bonds. The van der Waals surface area contributed by atoms with Crippen molar-refractivity contribution >= 4 is 23.2 Å². The van der Waals surface area contributed by atoms with Crippen molar-refractivity contribution < 1.29 is 28.2 Å². The summed E-state index contributed by atoms with van der Waals surface area (Å²) < 4.78 is 30.1. The first-order chi connectivity index (χ1) is 18.0. The molecule has 0 fully saturated rings. The molecule has 0 N–H and O–H groups in total. The third kappa shape index (κ3) is 6.47. The average molecular weight is 527 g/mol. The van der Waals surface area contributed by atoms with E-state index >= 15 is 0 Å². The summed E-state index contributed by atoms with van der Waals surface area (Å²) in [5, 5.41) is 2.03. The molecule has 1 aliphatic heterocycles. The first-order valence-electron chi connectivity index (χ1n) is 12.2. The zero-order valence-electron chi connectivity index (χ0n) is 21.0. The van der Waals surface area contributed by atoms with Gasteiger partial charge in [-0.3, -0.25) is 9.59 Å². The molecule has 7 nitrogen and oxygen atoms in total. The highest BCUT2D eigenvalue weighted by Crippen LogP contribution is 2.35. The lowest BCUT2D eigenvalue weighted by Gasteiger charge is -2.37. The molecule has 9 heteroatoms. The number of ether oxygens (including phenoxy) is 3. The van der Waals surface area contributed by atoms with Gasteiger partial charge >= 0.3 is 0 Å². The van der Waals surface area contributed by atoms with Gasteiger partial charge in [0.05, 0.1) is 13.2 Å². The van der Waals surface area contributed by atoms with Crippen LogP contribution >= 0.6 is 11.3 Å². The number of para-hydroxylation sites is 2. The van der Waals surface area contributed by atoms with Crippen molar-refractivity contribution in [3.8, 4) is 11.5 Å². The lowest BCUT2D eigenvalue weighted by atomic mass is 10.0. The second-order valence-corrected chi connectivity index (χ2v) is 9.69. The molecule has 1 aliphatic rings. The van der Waals surface area contributed by atoms with Crippen molar-refractivity contribution in [3.63, 3.8) is 0 Å². The van der Waals surface area contributed by atoms with E-state index in [9.17, 15) is 14.0 Å². The van der Waals surface area contributed by atoms with E-state index in [0.29, 0.717) is 43.2 Å². The highest BCUT2D eigenvalue weighted by atomic mass is 32.1. The Morgan fingerprint density at radius 2 is 1.84 bits per heavy atom. The second-order valence-electron chi connectivity index (χ2n) is 8.69. The Bertz CT molecular complexity index is 1200. The molecule has 0 saturated carbocycles. The summed E-state index contributed by atoms with van der Waals surface area (Å²) in [6.07, 6.45) is 1.32. The van der Waals surface area contributed by atoms with E-state index in [4.69, 9.17) is 14.2 Å². The Balaban J connectivity index is 1.53. The lowest BCUT2D eigenvalue weighted by Crippen LogP contribution is -2.48. The van der Waals surface area contributed by atoms with Gasteiger partial charge in [0.1, 0.15) is 19.0 Å². The summed E-state index contributed by atoms with van der Waals surface area (Å²) in [6.45, 7) is 1.49. The number of rotatable bonds is 11. The van der Waals surface area contributed by atoms with Crippen LogP contribution in [0.3, 0.4) is 0 Å². The van der Waals surface area contributed by atoms with E-state index in [1.807, 2.05) is 35.7 Å². The fraction of sp³-hybridized carbons (Fsp3) is 0.357. The molecule has 0 radical (unpaired) electrons. The maximum absolute atomic E-state index is 13.7. The summed E-state index contributed by atoms with van der Waals surface area (Å²) in [5.41, 5.74) is 1.40. The van der Waals surface area contributed by atoms with Crippen LogP contribution in [0.15, 0.2) is 60.0 Å². The predicted octanol–water partition coefficient (Wildman–Crippen LogP) is 4.58. The molecular weight excluding hydrogens is 495 g/mol. The number of benzene rings is 2. The van der Waals surface area contributed by atoms with Crippen molar-refractivity contribution in [2.45, 2.75) is 18.9 Å². The normalized spacial score (nSPS) is 14.7. The summed E-state index contributed by atoms with van der Waals surface area (Å²) in [4.78, 5) is 31.5. The first kappa shape index (κ1) is 26.6. The SMILES string of the molecule is COCCCN(CC(=O)N1CCc2sccc2[C@H]1COc1ccccc1OC)C(=O)c1ccc(F)cc1. The Hall–Kier alpha value is -3.43. The molecule has 37 heavy (non-hydrogen) atoms. The fourth-order valence-electron chi connectivity index (χ4n) is 4.46. The molecule has 4 rings (SSSR count). The fourth-order valence-corrected chi connectivity index (χ4v) is 5.39. The molecule has 1 atom stereocenters. The van der Waals surface area contributed by atoms with E-state index in [1.54, 1.807) is 30.5 Å². The van der Waals surface area contributed by atoms with Gasteiger partial charge in [-0.1, -0.05) is 12.1 Å². The van der Waals surface area contributed by atoms with E-state index in [2.05, 4.69) is 0 Å². The Labute approximate surface area is 220 Å².